The maximum atomic E-state index is 12.8. The van der Waals surface area contributed by atoms with Gasteiger partial charge in [-0.2, -0.15) is 11.8 Å². The number of nitrogens with two attached hydrogens (primary N) is 1. The van der Waals surface area contributed by atoms with Gasteiger partial charge in [-0.25, -0.2) is 4.79 Å². The van der Waals surface area contributed by atoms with Crippen molar-refractivity contribution in [3.63, 3.8) is 0 Å². The van der Waals surface area contributed by atoms with E-state index in [0.29, 0.717) is 18.7 Å². The van der Waals surface area contributed by atoms with Crippen LogP contribution >= 0.6 is 11.8 Å². The minimum absolute atomic E-state index is 0.130. The Morgan fingerprint density at radius 3 is 2.15 bits per heavy atom. The molecule has 1 aliphatic rings. The maximum Gasteiger partial charge on any atom is 0.326 e. The Bertz CT molecular complexity index is 744. The van der Waals surface area contributed by atoms with Crippen molar-refractivity contribution in [2.24, 2.45) is 5.73 Å². The number of thioether (sulfide) groups is 1. The SMILES string of the molecule is CSCCC(NC(=O)C(CCC(N)=O)NC(=O)C(CC(=O)O)NC(=O)C1CCCN1)C(=O)O. The fraction of sp³-hybridized carbons (Fsp3) is 0.684. The van der Waals surface area contributed by atoms with Crippen LogP contribution in [0.4, 0.5) is 0 Å². The number of hydrogen-bond acceptors (Lipinski definition) is 8. The Hall–Kier alpha value is -2.87. The van der Waals surface area contributed by atoms with E-state index in [4.69, 9.17) is 10.8 Å². The normalized spacial score (nSPS) is 17.9. The number of hydrogen-bond donors (Lipinski definition) is 7. The Labute approximate surface area is 195 Å². The molecule has 0 aromatic carbocycles. The molecule has 1 rings (SSSR count). The predicted octanol–water partition coefficient (Wildman–Crippen LogP) is -2.23. The highest BCUT2D eigenvalue weighted by Gasteiger charge is 2.32. The van der Waals surface area contributed by atoms with Crippen molar-refractivity contribution in [2.45, 2.75) is 62.7 Å². The van der Waals surface area contributed by atoms with Crippen molar-refractivity contribution >= 4 is 47.3 Å². The van der Waals surface area contributed by atoms with Crippen LogP contribution in [0, 0.1) is 0 Å². The second-order valence-corrected chi connectivity index (χ2v) is 8.54. The van der Waals surface area contributed by atoms with E-state index >= 15 is 0 Å². The third kappa shape index (κ3) is 10.5. The molecular weight excluding hydrogens is 458 g/mol. The molecule has 1 aliphatic heterocycles. The van der Waals surface area contributed by atoms with Gasteiger partial charge in [-0.05, 0) is 44.2 Å². The van der Waals surface area contributed by atoms with Crippen LogP contribution in [-0.4, -0.2) is 88.5 Å². The van der Waals surface area contributed by atoms with Crippen molar-refractivity contribution in [3.05, 3.63) is 0 Å². The molecule has 0 spiro atoms. The smallest absolute Gasteiger partial charge is 0.326 e. The number of carbonyl (C=O) groups excluding carboxylic acids is 4. The summed E-state index contributed by atoms with van der Waals surface area (Å²) < 4.78 is 0. The van der Waals surface area contributed by atoms with E-state index in [0.717, 1.165) is 6.42 Å². The minimum Gasteiger partial charge on any atom is -0.481 e. The van der Waals surface area contributed by atoms with Crippen molar-refractivity contribution in [1.29, 1.82) is 0 Å². The lowest BCUT2D eigenvalue weighted by molar-refractivity contribution is -0.143. The number of rotatable bonds is 15. The van der Waals surface area contributed by atoms with Crippen LogP contribution in [0.1, 0.15) is 38.5 Å². The Morgan fingerprint density at radius 1 is 1.00 bits per heavy atom. The van der Waals surface area contributed by atoms with Crippen molar-refractivity contribution in [3.8, 4) is 0 Å². The first-order chi connectivity index (χ1) is 15.5. The van der Waals surface area contributed by atoms with E-state index in [9.17, 15) is 33.9 Å². The van der Waals surface area contributed by atoms with Gasteiger partial charge in [-0.15, -0.1) is 0 Å². The molecule has 0 bridgehead atoms. The summed E-state index contributed by atoms with van der Waals surface area (Å²) in [5.74, 6) is -5.27. The molecule has 1 fully saturated rings. The molecule has 1 heterocycles. The fourth-order valence-corrected chi connectivity index (χ4v) is 3.63. The average molecular weight is 490 g/mol. The highest BCUT2D eigenvalue weighted by atomic mass is 32.2. The van der Waals surface area contributed by atoms with Gasteiger partial charge in [0.05, 0.1) is 12.5 Å². The molecule has 33 heavy (non-hydrogen) atoms. The van der Waals surface area contributed by atoms with Crippen LogP contribution in [0.3, 0.4) is 0 Å². The molecule has 0 radical (unpaired) electrons. The zero-order chi connectivity index (χ0) is 25.0. The molecule has 186 valence electrons. The van der Waals surface area contributed by atoms with Gasteiger partial charge in [0.25, 0.3) is 0 Å². The Morgan fingerprint density at radius 2 is 1.64 bits per heavy atom. The molecule has 8 N–H and O–H groups in total. The molecule has 13 nitrogen and oxygen atoms in total. The summed E-state index contributed by atoms with van der Waals surface area (Å²) in [6, 6.07) is -4.62. The first kappa shape index (κ1) is 28.2. The number of carbonyl (C=O) groups is 6. The van der Waals surface area contributed by atoms with Crippen LogP contribution in [0.15, 0.2) is 0 Å². The summed E-state index contributed by atoms with van der Waals surface area (Å²) in [6.45, 7) is 0.616. The monoisotopic (exact) mass is 489 g/mol. The Balaban J connectivity index is 2.93. The van der Waals surface area contributed by atoms with Crippen molar-refractivity contribution < 1.29 is 39.0 Å². The van der Waals surface area contributed by atoms with Crippen molar-refractivity contribution in [2.75, 3.05) is 18.6 Å². The third-order valence-electron chi connectivity index (χ3n) is 4.93. The predicted molar refractivity (Wildman–Crippen MR) is 118 cm³/mol. The Kier molecular flexibility index (Phi) is 12.2. The quantitative estimate of drug-likeness (QED) is 0.131. The number of primary amides is 1. The first-order valence-corrected chi connectivity index (χ1v) is 11.8. The summed E-state index contributed by atoms with van der Waals surface area (Å²) in [7, 11) is 0. The molecule has 0 aromatic heterocycles. The van der Waals surface area contributed by atoms with E-state index < -0.39 is 66.2 Å². The van der Waals surface area contributed by atoms with Crippen molar-refractivity contribution in [1.82, 2.24) is 21.3 Å². The summed E-state index contributed by atoms with van der Waals surface area (Å²) in [5, 5.41) is 28.4. The van der Waals surface area contributed by atoms with E-state index in [2.05, 4.69) is 21.3 Å². The maximum absolute atomic E-state index is 12.8. The second-order valence-electron chi connectivity index (χ2n) is 7.56. The van der Waals surface area contributed by atoms with Gasteiger partial charge in [0.2, 0.25) is 23.6 Å². The highest BCUT2D eigenvalue weighted by molar-refractivity contribution is 7.98. The molecule has 1 saturated heterocycles. The molecule has 0 aliphatic carbocycles. The number of nitrogens with one attached hydrogen (secondary N) is 4. The van der Waals surface area contributed by atoms with Gasteiger partial charge in [-0.3, -0.25) is 24.0 Å². The van der Waals surface area contributed by atoms with E-state index in [-0.39, 0.29) is 19.3 Å². The second kappa shape index (κ2) is 14.3. The molecule has 0 aromatic rings. The fourth-order valence-electron chi connectivity index (χ4n) is 3.16. The van der Waals surface area contributed by atoms with Crippen LogP contribution in [0.5, 0.6) is 0 Å². The van der Waals surface area contributed by atoms with E-state index in [1.807, 2.05) is 0 Å². The summed E-state index contributed by atoms with van der Waals surface area (Å²) in [5.41, 5.74) is 5.13. The lowest BCUT2D eigenvalue weighted by Crippen LogP contribution is -2.57. The lowest BCUT2D eigenvalue weighted by atomic mass is 10.1. The van der Waals surface area contributed by atoms with Crippen LogP contribution < -0.4 is 27.0 Å². The van der Waals surface area contributed by atoms with E-state index in [1.54, 1.807) is 6.26 Å². The third-order valence-corrected chi connectivity index (χ3v) is 5.57. The van der Waals surface area contributed by atoms with Gasteiger partial charge in [-0.1, -0.05) is 0 Å². The van der Waals surface area contributed by atoms with Crippen LogP contribution in [-0.2, 0) is 28.8 Å². The highest BCUT2D eigenvalue weighted by Crippen LogP contribution is 2.07. The van der Waals surface area contributed by atoms with Gasteiger partial charge >= 0.3 is 11.9 Å². The van der Waals surface area contributed by atoms with Crippen LogP contribution in [0.25, 0.3) is 0 Å². The standard InChI is InChI=1S/C19H31N5O8S/c1-33-8-6-12(19(31)32)23-17(29)11(4-5-14(20)25)22-18(30)13(9-15(26)27)24-16(28)10-3-2-7-21-10/h10-13,21H,2-9H2,1H3,(H2,20,25)(H,22,30)(H,23,29)(H,24,28)(H,26,27)(H,31,32). The minimum atomic E-state index is -1.48. The van der Waals surface area contributed by atoms with Gasteiger partial charge in [0, 0.05) is 6.42 Å². The number of aliphatic carboxylic acids is 2. The molecule has 0 saturated carbocycles. The summed E-state index contributed by atoms with van der Waals surface area (Å²) >= 11 is 1.39. The zero-order valence-corrected chi connectivity index (χ0v) is 19.1. The molecule has 4 unspecified atom stereocenters. The van der Waals surface area contributed by atoms with Gasteiger partial charge in [0.1, 0.15) is 18.1 Å². The molecular formula is C19H31N5O8S. The lowest BCUT2D eigenvalue weighted by Gasteiger charge is -2.24. The van der Waals surface area contributed by atoms with E-state index in [1.165, 1.54) is 11.8 Å². The number of carboxylic acid groups (broad SMARTS) is 2. The van der Waals surface area contributed by atoms with Crippen LogP contribution in [0.2, 0.25) is 0 Å². The largest absolute Gasteiger partial charge is 0.481 e. The van der Waals surface area contributed by atoms with Gasteiger partial charge in [0.15, 0.2) is 0 Å². The number of amides is 4. The molecule has 4 atom stereocenters. The average Bonchev–Trinajstić information content (AvgIpc) is 3.27. The number of carboxylic acids is 2. The first-order valence-electron chi connectivity index (χ1n) is 10.4. The molecule has 14 heteroatoms. The topological polar surface area (TPSA) is 217 Å². The molecule has 4 amide bonds. The zero-order valence-electron chi connectivity index (χ0n) is 18.3. The van der Waals surface area contributed by atoms with Gasteiger partial charge < -0.3 is 37.2 Å². The summed E-state index contributed by atoms with van der Waals surface area (Å²) in [4.78, 5) is 71.6. The summed E-state index contributed by atoms with van der Waals surface area (Å²) in [6.07, 6.45) is 1.93.